The van der Waals surface area contributed by atoms with E-state index in [4.69, 9.17) is 18.6 Å². The van der Waals surface area contributed by atoms with Crippen LogP contribution in [0.15, 0.2) is 58.4 Å². The van der Waals surface area contributed by atoms with Crippen molar-refractivity contribution in [1.29, 1.82) is 0 Å². The summed E-state index contributed by atoms with van der Waals surface area (Å²) in [5, 5.41) is 10.8. The second-order valence-electron chi connectivity index (χ2n) is 8.53. The summed E-state index contributed by atoms with van der Waals surface area (Å²) in [5.74, 6) is -0.0248. The Hall–Kier alpha value is -3.56. The number of aliphatic hydroxyl groups is 1. The van der Waals surface area contributed by atoms with Crippen molar-refractivity contribution in [2.45, 2.75) is 19.4 Å². The number of hydrogen-bond donors (Lipinski definition) is 1. The Labute approximate surface area is 210 Å². The Kier molecular flexibility index (Phi) is 8.45. The number of morpholine rings is 1. The number of ether oxygens (including phenoxy) is 3. The van der Waals surface area contributed by atoms with E-state index < -0.39 is 23.5 Å². The molecule has 2 aliphatic rings. The fourth-order valence-corrected chi connectivity index (χ4v) is 4.53. The number of ketones is 1. The van der Waals surface area contributed by atoms with E-state index in [2.05, 4.69) is 4.90 Å². The Bertz CT molecular complexity index is 1120. The lowest BCUT2D eigenvalue weighted by molar-refractivity contribution is -0.129. The number of amides is 1. The molecule has 9 nitrogen and oxygen atoms in total. The average Bonchev–Trinajstić information content (AvgIpc) is 3.51. The molecule has 3 heterocycles. The van der Waals surface area contributed by atoms with Gasteiger partial charge in [-0.05, 0) is 55.3 Å². The summed E-state index contributed by atoms with van der Waals surface area (Å²) in [6.07, 6.45) is 5.02. The highest BCUT2D eigenvalue weighted by Crippen LogP contribution is 2.41. The van der Waals surface area contributed by atoms with Crippen LogP contribution in [-0.2, 0) is 14.3 Å². The lowest BCUT2D eigenvalue weighted by Gasteiger charge is -2.30. The van der Waals surface area contributed by atoms with E-state index in [9.17, 15) is 14.7 Å². The lowest BCUT2D eigenvalue weighted by Crippen LogP contribution is -2.39. The largest absolute Gasteiger partial charge is 0.503 e. The summed E-state index contributed by atoms with van der Waals surface area (Å²) >= 11 is 0. The molecule has 192 valence electrons. The second kappa shape index (κ2) is 11.9. The minimum Gasteiger partial charge on any atom is -0.503 e. The van der Waals surface area contributed by atoms with E-state index in [0.29, 0.717) is 55.6 Å². The molecule has 0 bridgehead atoms. The van der Waals surface area contributed by atoms with E-state index in [1.54, 1.807) is 35.2 Å². The van der Waals surface area contributed by atoms with Gasteiger partial charge in [-0.15, -0.1) is 0 Å². The van der Waals surface area contributed by atoms with Gasteiger partial charge in [-0.2, -0.15) is 0 Å². The minimum absolute atomic E-state index is 0.0281. The molecular weight excluding hydrogens is 464 g/mol. The molecule has 4 rings (SSSR count). The molecule has 1 aromatic carbocycles. The van der Waals surface area contributed by atoms with Gasteiger partial charge >= 0.3 is 0 Å². The molecule has 36 heavy (non-hydrogen) atoms. The lowest BCUT2D eigenvalue weighted by atomic mass is 9.95. The summed E-state index contributed by atoms with van der Waals surface area (Å²) in [6.45, 7) is 6.58. The van der Waals surface area contributed by atoms with Crippen molar-refractivity contribution in [2.75, 3.05) is 53.1 Å². The highest BCUT2D eigenvalue weighted by molar-refractivity contribution is 6.14. The Balaban J connectivity index is 1.63. The first kappa shape index (κ1) is 25.5. The quantitative estimate of drug-likeness (QED) is 0.473. The van der Waals surface area contributed by atoms with E-state index >= 15 is 0 Å². The van der Waals surface area contributed by atoms with Crippen LogP contribution in [0.4, 0.5) is 0 Å². The number of allylic oxidation sites excluding steroid dienone is 1. The topological polar surface area (TPSA) is 102 Å². The molecule has 1 unspecified atom stereocenters. The zero-order valence-corrected chi connectivity index (χ0v) is 20.6. The maximum absolute atomic E-state index is 13.3. The van der Waals surface area contributed by atoms with Crippen molar-refractivity contribution in [1.82, 2.24) is 9.80 Å². The normalized spacial score (nSPS) is 18.9. The number of methoxy groups -OCH3 is 1. The van der Waals surface area contributed by atoms with Crippen LogP contribution in [0.3, 0.4) is 0 Å². The predicted octanol–water partition coefficient (Wildman–Crippen LogP) is 3.39. The van der Waals surface area contributed by atoms with Crippen molar-refractivity contribution in [3.8, 4) is 11.5 Å². The van der Waals surface area contributed by atoms with Crippen LogP contribution in [0.2, 0.25) is 0 Å². The number of aliphatic hydroxyl groups excluding tert-OH is 1. The zero-order chi connectivity index (χ0) is 25.5. The van der Waals surface area contributed by atoms with Gasteiger partial charge in [-0.3, -0.25) is 14.5 Å². The van der Waals surface area contributed by atoms with E-state index in [0.717, 1.165) is 19.6 Å². The molecule has 1 fully saturated rings. The van der Waals surface area contributed by atoms with Gasteiger partial charge in [0.05, 0.1) is 44.8 Å². The molecule has 1 saturated heterocycles. The van der Waals surface area contributed by atoms with E-state index in [1.165, 1.54) is 25.5 Å². The third-order valence-electron chi connectivity index (χ3n) is 6.29. The molecule has 9 heteroatoms. The van der Waals surface area contributed by atoms with E-state index in [-0.39, 0.29) is 5.57 Å². The smallest absolute Gasteiger partial charge is 0.290 e. The maximum atomic E-state index is 13.3. The summed E-state index contributed by atoms with van der Waals surface area (Å²) in [6, 6.07) is 7.96. The first-order valence-corrected chi connectivity index (χ1v) is 12.1. The predicted molar refractivity (Wildman–Crippen MR) is 133 cm³/mol. The third kappa shape index (κ3) is 5.63. The van der Waals surface area contributed by atoms with Crippen LogP contribution < -0.4 is 9.47 Å². The second-order valence-corrected chi connectivity index (χ2v) is 8.53. The molecule has 0 saturated carbocycles. The van der Waals surface area contributed by atoms with Crippen LogP contribution in [0.5, 0.6) is 11.5 Å². The fourth-order valence-electron chi connectivity index (χ4n) is 4.53. The molecule has 0 spiro atoms. The van der Waals surface area contributed by atoms with Crippen molar-refractivity contribution < 1.29 is 33.3 Å². The van der Waals surface area contributed by atoms with Gasteiger partial charge in [0.1, 0.15) is 5.76 Å². The zero-order valence-electron chi connectivity index (χ0n) is 20.6. The first-order valence-electron chi connectivity index (χ1n) is 12.1. The highest BCUT2D eigenvalue weighted by Gasteiger charge is 2.43. The molecule has 2 aromatic rings. The van der Waals surface area contributed by atoms with Gasteiger partial charge in [0, 0.05) is 26.2 Å². The molecule has 0 radical (unpaired) electrons. The third-order valence-corrected chi connectivity index (χ3v) is 6.29. The summed E-state index contributed by atoms with van der Waals surface area (Å²) in [5.41, 5.74) is 0.675. The number of furan rings is 1. The summed E-state index contributed by atoms with van der Waals surface area (Å²) in [7, 11) is 1.53. The first-order chi connectivity index (χ1) is 17.5. The number of carbonyl (C=O) groups is 2. The minimum atomic E-state index is -0.763. The van der Waals surface area contributed by atoms with E-state index in [1.807, 2.05) is 6.92 Å². The van der Waals surface area contributed by atoms with Crippen LogP contribution >= 0.6 is 0 Å². The highest BCUT2D eigenvalue weighted by atomic mass is 16.5. The van der Waals surface area contributed by atoms with Crippen molar-refractivity contribution in [3.63, 3.8) is 0 Å². The number of rotatable bonds is 11. The Morgan fingerprint density at radius 2 is 2.00 bits per heavy atom. The number of hydrogen-bond acceptors (Lipinski definition) is 8. The Morgan fingerprint density at radius 1 is 1.19 bits per heavy atom. The van der Waals surface area contributed by atoms with Gasteiger partial charge in [0.25, 0.3) is 5.91 Å². The standard InChI is InChI=1S/C27H32N2O7/c1-3-35-22-10-7-19(18-23(22)33-2)25-24(21(30)9-8-20-6-4-15-36-20)26(31)27(32)29(25)12-5-11-28-13-16-34-17-14-28/h4,6-10,15,18,25,31H,3,5,11-14,16-17H2,1-2H3. The molecular formula is C27H32N2O7. The van der Waals surface area contributed by atoms with Gasteiger partial charge in [-0.1, -0.05) is 6.07 Å². The molecule has 1 N–H and O–H groups in total. The van der Waals surface area contributed by atoms with Crippen LogP contribution in [0.1, 0.15) is 30.7 Å². The van der Waals surface area contributed by atoms with Crippen molar-refractivity contribution in [2.24, 2.45) is 0 Å². The van der Waals surface area contributed by atoms with Crippen molar-refractivity contribution >= 4 is 17.8 Å². The average molecular weight is 497 g/mol. The SMILES string of the molecule is CCOc1ccc(C2C(C(=O)C=Cc3ccco3)=C(O)C(=O)N2CCCN2CCOCC2)cc1OC. The van der Waals surface area contributed by atoms with Crippen LogP contribution in [0, 0.1) is 0 Å². The molecule has 1 amide bonds. The Morgan fingerprint density at radius 3 is 2.69 bits per heavy atom. The summed E-state index contributed by atoms with van der Waals surface area (Å²) < 4.78 is 21.8. The molecule has 2 aliphatic heterocycles. The molecule has 1 atom stereocenters. The van der Waals surface area contributed by atoms with Gasteiger partial charge in [-0.25, -0.2) is 0 Å². The van der Waals surface area contributed by atoms with Crippen LogP contribution in [0.25, 0.3) is 6.08 Å². The van der Waals surface area contributed by atoms with Crippen molar-refractivity contribution in [3.05, 3.63) is 65.3 Å². The number of nitrogens with zero attached hydrogens (tertiary/aromatic N) is 2. The van der Waals surface area contributed by atoms with Gasteiger partial charge in [0.2, 0.25) is 0 Å². The van der Waals surface area contributed by atoms with Gasteiger partial charge < -0.3 is 28.6 Å². The number of carbonyl (C=O) groups excluding carboxylic acids is 2. The fraction of sp³-hybridized carbons (Fsp3) is 0.407. The molecule has 0 aliphatic carbocycles. The number of benzene rings is 1. The van der Waals surface area contributed by atoms with Gasteiger partial charge in [0.15, 0.2) is 23.0 Å². The summed E-state index contributed by atoms with van der Waals surface area (Å²) in [4.78, 5) is 30.3. The monoisotopic (exact) mass is 496 g/mol. The maximum Gasteiger partial charge on any atom is 0.290 e. The molecule has 1 aromatic heterocycles. The van der Waals surface area contributed by atoms with Crippen LogP contribution in [-0.4, -0.2) is 79.7 Å².